The molecular formula is C19H19FN4. The van der Waals surface area contributed by atoms with Crippen LogP contribution in [0.1, 0.15) is 5.56 Å². The second-order valence-corrected chi connectivity index (χ2v) is 5.38. The molecule has 0 saturated carbocycles. The summed E-state index contributed by atoms with van der Waals surface area (Å²) in [6, 6.07) is 17.7. The van der Waals surface area contributed by atoms with Gasteiger partial charge in [0, 0.05) is 32.0 Å². The van der Waals surface area contributed by atoms with Crippen molar-refractivity contribution < 1.29 is 4.39 Å². The fourth-order valence-electron chi connectivity index (χ4n) is 2.46. The first-order valence-electron chi connectivity index (χ1n) is 7.86. The number of hydrogen-bond acceptors (Lipinski definition) is 4. The van der Waals surface area contributed by atoms with E-state index in [9.17, 15) is 4.39 Å². The first kappa shape index (κ1) is 15.9. The molecule has 0 aliphatic rings. The van der Waals surface area contributed by atoms with Crippen LogP contribution in [0.3, 0.4) is 0 Å². The third-order valence-corrected chi connectivity index (χ3v) is 3.66. The summed E-state index contributed by atoms with van der Waals surface area (Å²) in [7, 11) is 0. The van der Waals surface area contributed by atoms with E-state index < -0.39 is 0 Å². The van der Waals surface area contributed by atoms with Crippen LogP contribution < -0.4 is 10.2 Å². The third kappa shape index (κ3) is 4.29. The number of rotatable bonds is 7. The summed E-state index contributed by atoms with van der Waals surface area (Å²) >= 11 is 0. The molecule has 24 heavy (non-hydrogen) atoms. The Balaban J connectivity index is 1.67. The highest BCUT2D eigenvalue weighted by molar-refractivity contribution is 5.44. The summed E-state index contributed by atoms with van der Waals surface area (Å²) in [6.45, 7) is 2.05. The molecule has 0 aliphatic carbocycles. The number of nitrogens with zero attached hydrogens (tertiary/aromatic N) is 3. The Morgan fingerprint density at radius 2 is 1.79 bits per heavy atom. The normalized spacial score (nSPS) is 10.4. The average molecular weight is 322 g/mol. The lowest BCUT2D eigenvalue weighted by Gasteiger charge is -2.24. The molecular weight excluding hydrogens is 303 g/mol. The van der Waals surface area contributed by atoms with E-state index in [1.165, 1.54) is 11.8 Å². The maximum atomic E-state index is 13.6. The van der Waals surface area contributed by atoms with Gasteiger partial charge in [-0.2, -0.15) is 0 Å². The highest BCUT2D eigenvalue weighted by Gasteiger charge is 2.09. The van der Waals surface area contributed by atoms with Crippen LogP contribution in [0, 0.1) is 5.82 Å². The van der Waals surface area contributed by atoms with Crippen molar-refractivity contribution in [3.63, 3.8) is 0 Å². The van der Waals surface area contributed by atoms with Crippen LogP contribution in [0.4, 0.5) is 15.9 Å². The molecule has 2 aromatic heterocycles. The van der Waals surface area contributed by atoms with E-state index in [1.807, 2.05) is 36.4 Å². The van der Waals surface area contributed by atoms with Crippen LogP contribution in [-0.4, -0.2) is 23.1 Å². The summed E-state index contributed by atoms with van der Waals surface area (Å²) < 4.78 is 13.6. The molecule has 0 aliphatic heterocycles. The Bertz CT molecular complexity index is 750. The lowest BCUT2D eigenvalue weighted by atomic mass is 10.2. The van der Waals surface area contributed by atoms with Crippen LogP contribution in [-0.2, 0) is 6.54 Å². The van der Waals surface area contributed by atoms with Crippen molar-refractivity contribution in [1.82, 2.24) is 9.97 Å². The standard InChI is InChI=1S/C19H19FN4/c20-17-14-21-11-9-18(17)22-12-13-24(19-8-4-5-10-23-19)15-16-6-2-1-3-7-16/h1-11,14H,12-13,15H2,(H,21,22). The van der Waals surface area contributed by atoms with Gasteiger partial charge in [-0.25, -0.2) is 9.37 Å². The molecule has 1 aromatic carbocycles. The average Bonchev–Trinajstić information content (AvgIpc) is 2.64. The zero-order chi connectivity index (χ0) is 16.6. The maximum Gasteiger partial charge on any atom is 0.164 e. The lowest BCUT2D eigenvalue weighted by Crippen LogP contribution is -2.29. The summed E-state index contributed by atoms with van der Waals surface area (Å²) in [5, 5.41) is 3.11. The van der Waals surface area contributed by atoms with Crippen LogP contribution in [0.15, 0.2) is 73.2 Å². The summed E-state index contributed by atoms with van der Waals surface area (Å²) in [5.41, 5.74) is 1.67. The Morgan fingerprint density at radius 1 is 0.958 bits per heavy atom. The third-order valence-electron chi connectivity index (χ3n) is 3.66. The van der Waals surface area contributed by atoms with Gasteiger partial charge in [0.15, 0.2) is 5.82 Å². The molecule has 1 N–H and O–H groups in total. The van der Waals surface area contributed by atoms with Crippen molar-refractivity contribution in [1.29, 1.82) is 0 Å². The number of hydrogen-bond donors (Lipinski definition) is 1. The molecule has 4 nitrogen and oxygen atoms in total. The highest BCUT2D eigenvalue weighted by atomic mass is 19.1. The fraction of sp³-hybridized carbons (Fsp3) is 0.158. The molecule has 0 radical (unpaired) electrons. The summed E-state index contributed by atoms with van der Waals surface area (Å²) in [6.07, 6.45) is 4.57. The van der Waals surface area contributed by atoms with Crippen LogP contribution in [0.5, 0.6) is 0 Å². The number of halogens is 1. The zero-order valence-electron chi connectivity index (χ0n) is 13.3. The molecule has 0 fully saturated rings. The SMILES string of the molecule is Fc1cnccc1NCCN(Cc1ccccc1)c1ccccn1. The Hall–Kier alpha value is -2.95. The molecule has 0 spiro atoms. The molecule has 3 aromatic rings. The Kier molecular flexibility index (Phi) is 5.35. The first-order valence-corrected chi connectivity index (χ1v) is 7.86. The largest absolute Gasteiger partial charge is 0.381 e. The minimum atomic E-state index is -0.343. The number of benzene rings is 1. The Labute approximate surface area is 141 Å². The number of anilines is 2. The minimum Gasteiger partial charge on any atom is -0.381 e. The second kappa shape index (κ2) is 8.06. The van der Waals surface area contributed by atoms with Gasteiger partial charge in [-0.1, -0.05) is 36.4 Å². The van der Waals surface area contributed by atoms with Crippen molar-refractivity contribution in [2.24, 2.45) is 0 Å². The lowest BCUT2D eigenvalue weighted by molar-refractivity contribution is 0.623. The topological polar surface area (TPSA) is 41.1 Å². The van der Waals surface area contributed by atoms with E-state index in [-0.39, 0.29) is 5.82 Å². The molecule has 2 heterocycles. The summed E-state index contributed by atoms with van der Waals surface area (Å²) in [5.74, 6) is 0.559. The first-order chi connectivity index (χ1) is 11.8. The van der Waals surface area contributed by atoms with Crippen LogP contribution in [0.25, 0.3) is 0 Å². The van der Waals surface area contributed by atoms with E-state index >= 15 is 0 Å². The van der Waals surface area contributed by atoms with Gasteiger partial charge in [0.05, 0.1) is 11.9 Å². The molecule has 0 amide bonds. The van der Waals surface area contributed by atoms with Gasteiger partial charge < -0.3 is 10.2 Å². The number of nitrogens with one attached hydrogen (secondary N) is 1. The van der Waals surface area contributed by atoms with Crippen LogP contribution >= 0.6 is 0 Å². The van der Waals surface area contributed by atoms with Crippen molar-refractivity contribution in [2.45, 2.75) is 6.54 Å². The molecule has 3 rings (SSSR count). The minimum absolute atomic E-state index is 0.343. The number of pyridine rings is 2. The molecule has 5 heteroatoms. The second-order valence-electron chi connectivity index (χ2n) is 5.38. The summed E-state index contributed by atoms with van der Waals surface area (Å²) in [4.78, 5) is 10.4. The Morgan fingerprint density at radius 3 is 2.54 bits per heavy atom. The van der Waals surface area contributed by atoms with Crippen molar-refractivity contribution in [3.8, 4) is 0 Å². The van der Waals surface area contributed by atoms with Gasteiger partial charge in [-0.05, 0) is 23.8 Å². The maximum absolute atomic E-state index is 13.6. The molecule has 122 valence electrons. The molecule has 0 bridgehead atoms. The quantitative estimate of drug-likeness (QED) is 0.719. The van der Waals surface area contributed by atoms with Crippen molar-refractivity contribution in [3.05, 3.63) is 84.6 Å². The van der Waals surface area contributed by atoms with Gasteiger partial charge in [0.25, 0.3) is 0 Å². The zero-order valence-corrected chi connectivity index (χ0v) is 13.3. The highest BCUT2D eigenvalue weighted by Crippen LogP contribution is 2.15. The van der Waals surface area contributed by atoms with Gasteiger partial charge in [0.1, 0.15) is 5.82 Å². The van der Waals surface area contributed by atoms with Gasteiger partial charge >= 0.3 is 0 Å². The smallest absolute Gasteiger partial charge is 0.164 e. The molecule has 0 saturated heterocycles. The van der Waals surface area contributed by atoms with Gasteiger partial charge in [0.2, 0.25) is 0 Å². The number of aromatic nitrogens is 2. The predicted octanol–water partition coefficient (Wildman–Crippen LogP) is 3.73. The van der Waals surface area contributed by atoms with Gasteiger partial charge in [-0.15, -0.1) is 0 Å². The van der Waals surface area contributed by atoms with E-state index in [0.717, 1.165) is 12.4 Å². The van der Waals surface area contributed by atoms with E-state index in [4.69, 9.17) is 0 Å². The van der Waals surface area contributed by atoms with Crippen molar-refractivity contribution in [2.75, 3.05) is 23.3 Å². The van der Waals surface area contributed by atoms with E-state index in [2.05, 4.69) is 32.3 Å². The van der Waals surface area contributed by atoms with E-state index in [1.54, 1.807) is 18.5 Å². The van der Waals surface area contributed by atoms with Crippen molar-refractivity contribution >= 4 is 11.5 Å². The molecule has 0 atom stereocenters. The van der Waals surface area contributed by atoms with Crippen LogP contribution in [0.2, 0.25) is 0 Å². The molecule has 0 unspecified atom stereocenters. The van der Waals surface area contributed by atoms with Gasteiger partial charge in [-0.3, -0.25) is 4.98 Å². The van der Waals surface area contributed by atoms with E-state index in [0.29, 0.717) is 18.8 Å². The fourth-order valence-corrected chi connectivity index (χ4v) is 2.46. The monoisotopic (exact) mass is 322 g/mol. The predicted molar refractivity (Wildman–Crippen MR) is 94.4 cm³/mol.